The van der Waals surface area contributed by atoms with Gasteiger partial charge in [0.15, 0.2) is 0 Å². The highest BCUT2D eigenvalue weighted by Gasteiger charge is 2.30. The van der Waals surface area contributed by atoms with Crippen LogP contribution >= 0.6 is 0 Å². The van der Waals surface area contributed by atoms with Crippen LogP contribution < -0.4 is 5.32 Å². The van der Waals surface area contributed by atoms with Crippen molar-refractivity contribution in [2.24, 2.45) is 0 Å². The smallest absolute Gasteiger partial charge is 0.416 e. The van der Waals surface area contributed by atoms with Crippen LogP contribution in [0.3, 0.4) is 0 Å². The van der Waals surface area contributed by atoms with Gasteiger partial charge in [-0.05, 0) is 78.9 Å². The lowest BCUT2D eigenvalue weighted by Gasteiger charge is -2.22. The number of halogens is 6. The van der Waals surface area contributed by atoms with E-state index in [0.717, 1.165) is 23.0 Å². The fourth-order valence-corrected chi connectivity index (χ4v) is 4.90. The van der Waals surface area contributed by atoms with E-state index in [-0.39, 0.29) is 32.4 Å². The van der Waals surface area contributed by atoms with Crippen LogP contribution in [0.15, 0.2) is 79.0 Å². The van der Waals surface area contributed by atoms with Gasteiger partial charge in [-0.2, -0.15) is 26.3 Å². The number of fused-ring (bicyclic) bond motifs is 1. The highest BCUT2D eigenvalue weighted by molar-refractivity contribution is 5.94. The van der Waals surface area contributed by atoms with E-state index in [4.69, 9.17) is 4.74 Å². The van der Waals surface area contributed by atoms with Crippen LogP contribution in [-0.2, 0) is 15.7 Å². The molecule has 4 rings (SSSR count). The second kappa shape index (κ2) is 13.4. The molecule has 0 saturated carbocycles. The van der Waals surface area contributed by atoms with Gasteiger partial charge in [0, 0.05) is 35.6 Å². The van der Waals surface area contributed by atoms with Crippen molar-refractivity contribution in [1.82, 2.24) is 9.88 Å². The number of carbonyl (C=O) groups is 2. The lowest BCUT2D eigenvalue weighted by Crippen LogP contribution is -2.26. The van der Waals surface area contributed by atoms with Gasteiger partial charge in [-0.1, -0.05) is 30.3 Å². The SMILES string of the molecule is CCOC(=O)CCNC(=O)c1ccc(C(CCCC(F)(F)F)n2ccc3cc(-c4ccc(C(F)(F)F)cc4)ccc32)cc1. The van der Waals surface area contributed by atoms with Gasteiger partial charge in [-0.3, -0.25) is 9.59 Å². The Bertz CT molecular complexity index is 1540. The number of carbonyl (C=O) groups excluding carboxylic acids is 2. The summed E-state index contributed by atoms with van der Waals surface area (Å²) in [5, 5.41) is 3.42. The third-order valence-corrected chi connectivity index (χ3v) is 7.02. The van der Waals surface area contributed by atoms with E-state index in [1.165, 1.54) is 12.1 Å². The number of hydrogen-bond donors (Lipinski definition) is 1. The summed E-state index contributed by atoms with van der Waals surface area (Å²) in [7, 11) is 0. The molecule has 1 atom stereocenters. The number of rotatable bonds is 11. The number of esters is 1. The molecule has 0 spiro atoms. The van der Waals surface area contributed by atoms with Crippen molar-refractivity contribution in [3.05, 3.63) is 95.7 Å². The molecule has 1 unspecified atom stereocenters. The third-order valence-electron chi connectivity index (χ3n) is 7.02. The quantitative estimate of drug-likeness (QED) is 0.138. The van der Waals surface area contributed by atoms with Crippen molar-refractivity contribution in [1.29, 1.82) is 0 Å². The molecule has 4 aromatic rings. The number of aromatic nitrogens is 1. The first-order valence-electron chi connectivity index (χ1n) is 13.7. The molecule has 0 aliphatic heterocycles. The van der Waals surface area contributed by atoms with Gasteiger partial charge in [0.1, 0.15) is 0 Å². The standard InChI is InChI=1S/C32H30F6N2O3/c1-2-43-29(41)15-18-39-30(42)23-7-5-22(6-8-23)27(4-3-17-31(33,34)35)40-19-16-25-20-24(11-14-28(25)40)21-9-12-26(13-10-21)32(36,37)38/h5-14,16,19-20,27H,2-4,15,17-18H2,1H3,(H,39,42). The Morgan fingerprint density at radius 2 is 1.56 bits per heavy atom. The Morgan fingerprint density at radius 1 is 0.884 bits per heavy atom. The average Bonchev–Trinajstić information content (AvgIpc) is 3.37. The third kappa shape index (κ3) is 8.39. The largest absolute Gasteiger partial charge is 0.466 e. The van der Waals surface area contributed by atoms with Crippen LogP contribution in [0.5, 0.6) is 0 Å². The zero-order chi connectivity index (χ0) is 31.2. The van der Waals surface area contributed by atoms with Crippen molar-refractivity contribution >= 4 is 22.8 Å². The molecule has 1 N–H and O–H groups in total. The predicted octanol–water partition coefficient (Wildman–Crippen LogP) is 8.33. The fourth-order valence-electron chi connectivity index (χ4n) is 4.90. The molecule has 1 amide bonds. The zero-order valence-corrected chi connectivity index (χ0v) is 23.3. The number of nitrogens with one attached hydrogen (secondary N) is 1. The fraction of sp³-hybridized carbons (Fsp3) is 0.312. The maximum absolute atomic E-state index is 13.0. The van der Waals surface area contributed by atoms with Crippen LogP contribution in [0.25, 0.3) is 22.0 Å². The highest BCUT2D eigenvalue weighted by Crippen LogP contribution is 2.35. The highest BCUT2D eigenvalue weighted by atomic mass is 19.4. The minimum absolute atomic E-state index is 0.0280. The summed E-state index contributed by atoms with van der Waals surface area (Å²) in [6, 6.07) is 18.1. The summed E-state index contributed by atoms with van der Waals surface area (Å²) < 4.78 is 84.6. The van der Waals surface area contributed by atoms with Gasteiger partial charge >= 0.3 is 18.3 Å². The Labute approximate surface area is 244 Å². The lowest BCUT2D eigenvalue weighted by atomic mass is 9.98. The minimum atomic E-state index is -4.44. The number of hydrogen-bond acceptors (Lipinski definition) is 3. The van der Waals surface area contributed by atoms with Crippen molar-refractivity contribution in [3.8, 4) is 11.1 Å². The Kier molecular flexibility index (Phi) is 9.83. The van der Waals surface area contributed by atoms with E-state index >= 15 is 0 Å². The summed E-state index contributed by atoms with van der Waals surface area (Å²) >= 11 is 0. The molecule has 1 aromatic heterocycles. The second-order valence-corrected chi connectivity index (χ2v) is 10.0. The maximum Gasteiger partial charge on any atom is 0.416 e. The van der Waals surface area contributed by atoms with Gasteiger partial charge in [-0.25, -0.2) is 0 Å². The summed E-state index contributed by atoms with van der Waals surface area (Å²) in [5.41, 5.74) is 2.33. The Balaban J connectivity index is 1.57. The molecule has 0 aliphatic carbocycles. The monoisotopic (exact) mass is 604 g/mol. The zero-order valence-electron chi connectivity index (χ0n) is 23.3. The molecule has 3 aromatic carbocycles. The van der Waals surface area contributed by atoms with Crippen molar-refractivity contribution in [2.45, 2.75) is 51.0 Å². The van der Waals surface area contributed by atoms with Crippen LogP contribution in [0.1, 0.15) is 60.1 Å². The van der Waals surface area contributed by atoms with E-state index in [1.54, 1.807) is 49.5 Å². The molecule has 5 nitrogen and oxygen atoms in total. The second-order valence-electron chi connectivity index (χ2n) is 10.0. The maximum atomic E-state index is 13.0. The van der Waals surface area contributed by atoms with Crippen LogP contribution in [0.2, 0.25) is 0 Å². The first-order chi connectivity index (χ1) is 20.4. The predicted molar refractivity (Wildman–Crippen MR) is 150 cm³/mol. The number of nitrogens with zero attached hydrogens (tertiary/aromatic N) is 1. The first-order valence-corrected chi connectivity index (χ1v) is 13.7. The number of ether oxygens (including phenoxy) is 1. The number of benzene rings is 3. The van der Waals surface area contributed by atoms with E-state index in [0.29, 0.717) is 22.3 Å². The van der Waals surface area contributed by atoms with Crippen molar-refractivity contribution in [3.63, 3.8) is 0 Å². The van der Waals surface area contributed by atoms with E-state index in [9.17, 15) is 35.9 Å². The molecule has 11 heteroatoms. The van der Waals surface area contributed by atoms with E-state index < -0.39 is 42.3 Å². The first kappa shape index (κ1) is 31.7. The Morgan fingerprint density at radius 3 is 2.19 bits per heavy atom. The minimum Gasteiger partial charge on any atom is -0.466 e. The Hall–Kier alpha value is -4.28. The molecular formula is C32H30F6N2O3. The molecule has 0 bridgehead atoms. The molecule has 0 radical (unpaired) electrons. The molecule has 0 saturated heterocycles. The summed E-state index contributed by atoms with van der Waals surface area (Å²) in [5.74, 6) is -0.822. The molecule has 0 aliphatic rings. The average molecular weight is 605 g/mol. The summed E-state index contributed by atoms with van der Waals surface area (Å²) in [4.78, 5) is 24.0. The molecular weight excluding hydrogens is 574 g/mol. The number of amides is 1. The lowest BCUT2D eigenvalue weighted by molar-refractivity contribution is -0.143. The molecule has 0 fully saturated rings. The van der Waals surface area contributed by atoms with Gasteiger partial charge in [0.25, 0.3) is 5.91 Å². The van der Waals surface area contributed by atoms with Gasteiger partial charge in [-0.15, -0.1) is 0 Å². The van der Waals surface area contributed by atoms with Crippen molar-refractivity contribution in [2.75, 3.05) is 13.2 Å². The van der Waals surface area contributed by atoms with E-state index in [2.05, 4.69) is 5.32 Å². The van der Waals surface area contributed by atoms with Crippen molar-refractivity contribution < 1.29 is 40.7 Å². The molecule has 1 heterocycles. The van der Waals surface area contributed by atoms with Crippen LogP contribution in [-0.4, -0.2) is 35.8 Å². The summed E-state index contributed by atoms with van der Waals surface area (Å²) in [6.45, 7) is 2.03. The van der Waals surface area contributed by atoms with Gasteiger partial charge < -0.3 is 14.6 Å². The molecule has 228 valence electrons. The van der Waals surface area contributed by atoms with Crippen LogP contribution in [0, 0.1) is 0 Å². The van der Waals surface area contributed by atoms with E-state index in [1.807, 2.05) is 16.7 Å². The normalized spacial score (nSPS) is 12.7. The topological polar surface area (TPSA) is 60.3 Å². The molecule has 43 heavy (non-hydrogen) atoms. The van der Waals surface area contributed by atoms with Crippen LogP contribution in [0.4, 0.5) is 26.3 Å². The summed E-state index contributed by atoms with van der Waals surface area (Å²) in [6.07, 6.45) is -7.82. The number of alkyl halides is 6. The van der Waals surface area contributed by atoms with Gasteiger partial charge in [0.05, 0.1) is 24.6 Å². The van der Waals surface area contributed by atoms with Gasteiger partial charge in [0.2, 0.25) is 0 Å².